The Morgan fingerprint density at radius 3 is 2.63 bits per heavy atom. The second-order valence-electron chi connectivity index (χ2n) is 4.33. The molecule has 5 heteroatoms. The van der Waals surface area contributed by atoms with Crippen LogP contribution in [0.1, 0.15) is 24.7 Å². The molecule has 1 aromatic carbocycles. The molecular weight excluding hydrogens is 370 g/mol. The van der Waals surface area contributed by atoms with Gasteiger partial charge in [0.1, 0.15) is 16.2 Å². The second-order valence-corrected chi connectivity index (χ2v) is 6.05. The third-order valence-corrected chi connectivity index (χ3v) is 3.57. The molecule has 1 N–H and O–H groups in total. The number of aromatic nitrogens is 2. The van der Waals surface area contributed by atoms with E-state index in [-0.39, 0.29) is 0 Å². The van der Waals surface area contributed by atoms with Crippen LogP contribution in [0.15, 0.2) is 33.3 Å². The summed E-state index contributed by atoms with van der Waals surface area (Å²) in [5.41, 5.74) is 2.22. The van der Waals surface area contributed by atoms with Crippen LogP contribution in [0.2, 0.25) is 0 Å². The number of halogens is 2. The third kappa shape index (κ3) is 4.01. The molecule has 3 nitrogen and oxygen atoms in total. The number of rotatable bonds is 4. The molecule has 0 amide bonds. The fraction of sp³-hybridized carbons (Fsp3) is 0.286. The average Bonchev–Trinajstić information content (AvgIpc) is 2.32. The minimum Gasteiger partial charge on any atom is -0.340 e. The minimum absolute atomic E-state index is 0.809. The van der Waals surface area contributed by atoms with Crippen molar-refractivity contribution >= 4 is 43.4 Å². The third-order valence-electron chi connectivity index (χ3n) is 2.67. The number of aryl methyl sites for hydroxylation is 2. The van der Waals surface area contributed by atoms with Crippen LogP contribution in [0, 0.1) is 6.92 Å². The predicted octanol–water partition coefficient (Wildman–Crippen LogP) is 5.01. The highest BCUT2D eigenvalue weighted by atomic mass is 79.9. The van der Waals surface area contributed by atoms with Gasteiger partial charge in [-0.3, -0.25) is 0 Å². The highest BCUT2D eigenvalue weighted by Crippen LogP contribution is 2.24. The Bertz CT molecular complexity index is 585. The first kappa shape index (κ1) is 14.5. The summed E-state index contributed by atoms with van der Waals surface area (Å²) in [7, 11) is 0. The summed E-state index contributed by atoms with van der Waals surface area (Å²) in [4.78, 5) is 8.88. The molecule has 0 aliphatic carbocycles. The smallest absolute Gasteiger partial charge is 0.135 e. The second kappa shape index (κ2) is 6.48. The Balaban J connectivity index is 2.27. The van der Waals surface area contributed by atoms with Gasteiger partial charge in [0.05, 0.1) is 0 Å². The van der Waals surface area contributed by atoms with Crippen molar-refractivity contribution in [3.05, 3.63) is 44.7 Å². The highest BCUT2D eigenvalue weighted by molar-refractivity contribution is 9.10. The summed E-state index contributed by atoms with van der Waals surface area (Å²) < 4.78 is 1.88. The summed E-state index contributed by atoms with van der Waals surface area (Å²) in [6.45, 7) is 4.19. The van der Waals surface area contributed by atoms with E-state index in [4.69, 9.17) is 0 Å². The molecule has 0 saturated carbocycles. The molecule has 0 aliphatic rings. The van der Waals surface area contributed by atoms with Gasteiger partial charge in [0.2, 0.25) is 0 Å². The number of nitrogens with one attached hydrogen (secondary N) is 1. The maximum atomic E-state index is 4.52. The Morgan fingerprint density at radius 2 is 1.95 bits per heavy atom. The van der Waals surface area contributed by atoms with Crippen LogP contribution in [0.3, 0.4) is 0 Å². The van der Waals surface area contributed by atoms with E-state index in [1.807, 2.05) is 18.2 Å². The first-order valence-electron chi connectivity index (χ1n) is 6.15. The number of anilines is 2. The molecule has 0 bridgehead atoms. The minimum atomic E-state index is 0.809. The molecule has 2 rings (SSSR count). The van der Waals surface area contributed by atoms with Gasteiger partial charge < -0.3 is 5.32 Å². The van der Waals surface area contributed by atoms with Crippen LogP contribution >= 0.6 is 31.9 Å². The zero-order valence-corrected chi connectivity index (χ0v) is 14.0. The van der Waals surface area contributed by atoms with Gasteiger partial charge in [0.25, 0.3) is 0 Å². The van der Waals surface area contributed by atoms with Crippen molar-refractivity contribution in [1.82, 2.24) is 9.97 Å². The molecular formula is C14H15Br2N3. The number of benzene rings is 1. The molecule has 2 aromatic rings. The van der Waals surface area contributed by atoms with Gasteiger partial charge in [-0.1, -0.05) is 22.9 Å². The largest absolute Gasteiger partial charge is 0.340 e. The summed E-state index contributed by atoms with van der Waals surface area (Å²) >= 11 is 6.89. The SMILES string of the molecule is CCCc1nc(Br)cc(Nc2ccc(Br)cc2C)n1. The Kier molecular flexibility index (Phi) is 4.93. The van der Waals surface area contributed by atoms with Crippen LogP contribution in [0.25, 0.3) is 0 Å². The first-order valence-corrected chi connectivity index (χ1v) is 7.73. The summed E-state index contributed by atoms with van der Waals surface area (Å²) in [6, 6.07) is 8.01. The average molecular weight is 385 g/mol. The number of hydrogen-bond acceptors (Lipinski definition) is 3. The molecule has 0 aliphatic heterocycles. The van der Waals surface area contributed by atoms with E-state index >= 15 is 0 Å². The van der Waals surface area contributed by atoms with E-state index in [9.17, 15) is 0 Å². The molecule has 0 radical (unpaired) electrons. The van der Waals surface area contributed by atoms with Gasteiger partial charge in [0, 0.05) is 22.6 Å². The number of hydrogen-bond donors (Lipinski definition) is 1. The van der Waals surface area contributed by atoms with E-state index in [0.29, 0.717) is 0 Å². The van der Waals surface area contributed by atoms with Gasteiger partial charge in [0.15, 0.2) is 0 Å². The molecule has 0 spiro atoms. The van der Waals surface area contributed by atoms with Crippen LogP contribution in [-0.4, -0.2) is 9.97 Å². The fourth-order valence-corrected chi connectivity index (χ4v) is 2.67. The van der Waals surface area contributed by atoms with Gasteiger partial charge >= 0.3 is 0 Å². The molecule has 0 unspecified atom stereocenters. The van der Waals surface area contributed by atoms with E-state index in [1.54, 1.807) is 0 Å². The van der Waals surface area contributed by atoms with Crippen molar-refractivity contribution in [2.24, 2.45) is 0 Å². The van der Waals surface area contributed by atoms with Gasteiger partial charge in [-0.15, -0.1) is 0 Å². The van der Waals surface area contributed by atoms with E-state index in [0.717, 1.165) is 39.2 Å². The maximum Gasteiger partial charge on any atom is 0.135 e. The lowest BCUT2D eigenvalue weighted by molar-refractivity contribution is 0.831. The van der Waals surface area contributed by atoms with Crippen molar-refractivity contribution in [2.75, 3.05) is 5.32 Å². The van der Waals surface area contributed by atoms with E-state index < -0.39 is 0 Å². The Labute approximate surface area is 130 Å². The van der Waals surface area contributed by atoms with Crippen molar-refractivity contribution in [2.45, 2.75) is 26.7 Å². The van der Waals surface area contributed by atoms with Gasteiger partial charge in [-0.25, -0.2) is 9.97 Å². The van der Waals surface area contributed by atoms with Crippen molar-refractivity contribution in [3.8, 4) is 0 Å². The molecule has 100 valence electrons. The molecule has 0 fully saturated rings. The fourth-order valence-electron chi connectivity index (χ4n) is 1.77. The van der Waals surface area contributed by atoms with Crippen LogP contribution < -0.4 is 5.32 Å². The maximum absolute atomic E-state index is 4.52. The quantitative estimate of drug-likeness (QED) is 0.753. The summed E-state index contributed by atoms with van der Waals surface area (Å²) in [5, 5.41) is 3.34. The zero-order valence-electron chi connectivity index (χ0n) is 10.9. The lowest BCUT2D eigenvalue weighted by atomic mass is 10.2. The topological polar surface area (TPSA) is 37.8 Å². The Morgan fingerprint density at radius 1 is 1.16 bits per heavy atom. The molecule has 0 saturated heterocycles. The van der Waals surface area contributed by atoms with Crippen molar-refractivity contribution in [1.29, 1.82) is 0 Å². The standard InChI is InChI=1S/C14H15Br2N3/c1-3-4-13-18-12(16)8-14(19-13)17-11-6-5-10(15)7-9(11)2/h5-8H,3-4H2,1-2H3,(H,17,18,19). The van der Waals surface area contributed by atoms with Crippen molar-refractivity contribution < 1.29 is 0 Å². The predicted molar refractivity (Wildman–Crippen MR) is 85.9 cm³/mol. The Hall–Kier alpha value is -0.940. The van der Waals surface area contributed by atoms with E-state index in [1.165, 1.54) is 5.56 Å². The van der Waals surface area contributed by atoms with Gasteiger partial charge in [-0.05, 0) is 53.0 Å². The zero-order chi connectivity index (χ0) is 13.8. The first-order chi connectivity index (χ1) is 9.08. The summed E-state index contributed by atoms with van der Waals surface area (Å²) in [6.07, 6.45) is 1.92. The normalized spacial score (nSPS) is 10.5. The van der Waals surface area contributed by atoms with Crippen LogP contribution in [0.4, 0.5) is 11.5 Å². The molecule has 0 atom stereocenters. The van der Waals surface area contributed by atoms with E-state index in [2.05, 4.69) is 67.1 Å². The summed E-state index contributed by atoms with van der Waals surface area (Å²) in [5.74, 6) is 1.67. The van der Waals surface area contributed by atoms with Crippen molar-refractivity contribution in [3.63, 3.8) is 0 Å². The molecule has 1 heterocycles. The lowest BCUT2D eigenvalue weighted by Gasteiger charge is -2.10. The lowest BCUT2D eigenvalue weighted by Crippen LogP contribution is -2.01. The number of nitrogens with zero attached hydrogens (tertiary/aromatic N) is 2. The van der Waals surface area contributed by atoms with Gasteiger partial charge in [-0.2, -0.15) is 0 Å². The molecule has 19 heavy (non-hydrogen) atoms. The highest BCUT2D eigenvalue weighted by Gasteiger charge is 2.05. The van der Waals surface area contributed by atoms with Crippen LogP contribution in [0.5, 0.6) is 0 Å². The van der Waals surface area contributed by atoms with Crippen LogP contribution in [-0.2, 0) is 6.42 Å². The monoisotopic (exact) mass is 383 g/mol. The molecule has 1 aromatic heterocycles.